The zero-order chi connectivity index (χ0) is 20.1. The Kier molecular flexibility index (Phi) is 4.22. The van der Waals surface area contributed by atoms with Crippen LogP contribution in [0.3, 0.4) is 0 Å². The van der Waals surface area contributed by atoms with Crippen LogP contribution < -0.4 is 4.90 Å². The van der Waals surface area contributed by atoms with Crippen LogP contribution in [0, 0.1) is 5.41 Å². The largest absolute Gasteiger partial charge is 0.478 e. The number of carbonyl (C=O) groups is 3. The zero-order valence-corrected chi connectivity index (χ0v) is 15.8. The normalized spacial score (nSPS) is 21.6. The van der Waals surface area contributed by atoms with Crippen LogP contribution >= 0.6 is 0 Å². The highest BCUT2D eigenvalue weighted by Crippen LogP contribution is 2.48. The fourth-order valence-corrected chi connectivity index (χ4v) is 4.23. The molecule has 6 nitrogen and oxygen atoms in total. The van der Waals surface area contributed by atoms with Gasteiger partial charge in [-0.2, -0.15) is 0 Å². The number of benzene rings is 1. The number of carboxylic acid groups (broad SMARTS) is 1. The van der Waals surface area contributed by atoms with Gasteiger partial charge in [-0.15, -0.1) is 0 Å². The van der Waals surface area contributed by atoms with Crippen molar-refractivity contribution >= 4 is 23.3 Å². The van der Waals surface area contributed by atoms with Gasteiger partial charge in [-0.25, -0.2) is 4.79 Å². The fraction of sp³-hybridized carbons (Fsp3) is 0.318. The minimum atomic E-state index is -1.06. The van der Waals surface area contributed by atoms with Crippen molar-refractivity contribution in [3.8, 4) is 0 Å². The van der Waals surface area contributed by atoms with E-state index in [0.29, 0.717) is 35.6 Å². The summed E-state index contributed by atoms with van der Waals surface area (Å²) in [5.74, 6) is -1.02. The number of carboxylic acids is 1. The maximum atomic E-state index is 13.1. The van der Waals surface area contributed by atoms with Crippen LogP contribution in [-0.4, -0.2) is 22.8 Å². The minimum absolute atomic E-state index is 0.0135. The number of carbonyl (C=O) groups excluding carboxylic acids is 2. The van der Waals surface area contributed by atoms with Crippen molar-refractivity contribution in [3.63, 3.8) is 0 Å². The molecule has 0 saturated carbocycles. The summed E-state index contributed by atoms with van der Waals surface area (Å²) in [4.78, 5) is 39.1. The van der Waals surface area contributed by atoms with Crippen molar-refractivity contribution in [2.45, 2.75) is 39.0 Å². The quantitative estimate of drug-likeness (QED) is 0.866. The predicted octanol–water partition coefficient (Wildman–Crippen LogP) is 4.14. The van der Waals surface area contributed by atoms with Gasteiger partial charge in [0.1, 0.15) is 5.76 Å². The average Bonchev–Trinajstić information content (AvgIpc) is 3.14. The van der Waals surface area contributed by atoms with Crippen molar-refractivity contribution in [2.24, 2.45) is 5.41 Å². The molecule has 1 N–H and O–H groups in total. The Hall–Kier alpha value is -3.15. The second-order valence-electron chi connectivity index (χ2n) is 8.16. The molecule has 0 saturated heterocycles. The predicted molar refractivity (Wildman–Crippen MR) is 102 cm³/mol. The van der Waals surface area contributed by atoms with E-state index in [1.54, 1.807) is 30.5 Å². The molecule has 28 heavy (non-hydrogen) atoms. The molecule has 1 aliphatic heterocycles. The summed E-state index contributed by atoms with van der Waals surface area (Å²) in [7, 11) is 0. The minimum Gasteiger partial charge on any atom is -0.478 e. The third-order valence-electron chi connectivity index (χ3n) is 5.38. The first-order valence-corrected chi connectivity index (χ1v) is 9.23. The number of nitrogens with zero attached hydrogens (tertiary/aromatic N) is 1. The van der Waals surface area contributed by atoms with Gasteiger partial charge in [0, 0.05) is 29.8 Å². The molecule has 0 spiro atoms. The highest BCUT2D eigenvalue weighted by molar-refractivity contribution is 6.08. The Labute approximate surface area is 162 Å². The Morgan fingerprint density at radius 2 is 1.96 bits per heavy atom. The van der Waals surface area contributed by atoms with Gasteiger partial charge in [0.25, 0.3) is 0 Å². The van der Waals surface area contributed by atoms with Gasteiger partial charge in [-0.05, 0) is 42.2 Å². The van der Waals surface area contributed by atoms with Crippen LogP contribution in [0.2, 0.25) is 0 Å². The fourth-order valence-electron chi connectivity index (χ4n) is 4.23. The van der Waals surface area contributed by atoms with E-state index in [1.165, 1.54) is 17.0 Å². The van der Waals surface area contributed by atoms with Gasteiger partial charge in [0.2, 0.25) is 5.91 Å². The summed E-state index contributed by atoms with van der Waals surface area (Å²) in [5, 5.41) is 9.32. The van der Waals surface area contributed by atoms with Crippen molar-refractivity contribution in [3.05, 3.63) is 65.3 Å². The lowest BCUT2D eigenvalue weighted by Gasteiger charge is -2.42. The van der Waals surface area contributed by atoms with E-state index >= 15 is 0 Å². The molecule has 0 bridgehead atoms. The second kappa shape index (κ2) is 6.48. The van der Waals surface area contributed by atoms with Crippen molar-refractivity contribution in [2.75, 3.05) is 4.90 Å². The summed E-state index contributed by atoms with van der Waals surface area (Å²) >= 11 is 0. The number of amides is 1. The molecule has 144 valence electrons. The number of allylic oxidation sites excluding steroid dienone is 2. The van der Waals surface area contributed by atoms with Crippen LogP contribution in [0.15, 0.2) is 58.3 Å². The van der Waals surface area contributed by atoms with Crippen LogP contribution in [0.5, 0.6) is 0 Å². The van der Waals surface area contributed by atoms with Gasteiger partial charge < -0.3 is 9.52 Å². The molecular formula is C22H21NO5. The van der Waals surface area contributed by atoms with Crippen molar-refractivity contribution in [1.82, 2.24) is 0 Å². The van der Waals surface area contributed by atoms with Crippen LogP contribution in [-0.2, 0) is 9.59 Å². The maximum absolute atomic E-state index is 13.1. The second-order valence-corrected chi connectivity index (χ2v) is 8.16. The SMILES string of the molecule is CC1(C)CC(=O)C2=C(C1)N(c1cccc(C(=O)O)c1)C(=O)CC2c1ccco1. The molecule has 1 amide bonds. The summed E-state index contributed by atoms with van der Waals surface area (Å²) in [6.07, 6.45) is 2.60. The number of Topliss-reactive ketones (excluding diaryl/α,β-unsaturated/α-hetero) is 1. The molecular weight excluding hydrogens is 358 g/mol. The van der Waals surface area contributed by atoms with Crippen LogP contribution in [0.25, 0.3) is 0 Å². The Morgan fingerprint density at radius 3 is 2.64 bits per heavy atom. The monoisotopic (exact) mass is 379 g/mol. The Bertz CT molecular complexity index is 1000. The smallest absolute Gasteiger partial charge is 0.335 e. The number of furan rings is 1. The summed E-state index contributed by atoms with van der Waals surface area (Å²) in [5.41, 5.74) is 1.54. The molecule has 1 aromatic heterocycles. The molecule has 1 aliphatic carbocycles. The maximum Gasteiger partial charge on any atom is 0.335 e. The summed E-state index contributed by atoms with van der Waals surface area (Å²) in [6.45, 7) is 4.00. The zero-order valence-electron chi connectivity index (χ0n) is 15.8. The Morgan fingerprint density at radius 1 is 1.18 bits per heavy atom. The average molecular weight is 379 g/mol. The highest BCUT2D eigenvalue weighted by Gasteiger charge is 2.45. The van der Waals surface area contributed by atoms with Crippen LogP contribution in [0.4, 0.5) is 5.69 Å². The van der Waals surface area contributed by atoms with Gasteiger partial charge in [0.15, 0.2) is 5.78 Å². The number of aromatic carboxylic acids is 1. The van der Waals surface area contributed by atoms with E-state index in [4.69, 9.17) is 4.42 Å². The number of hydrogen-bond acceptors (Lipinski definition) is 4. The molecule has 4 rings (SSSR count). The van der Waals surface area contributed by atoms with E-state index in [9.17, 15) is 19.5 Å². The lowest BCUT2D eigenvalue weighted by molar-refractivity contribution is -0.121. The lowest BCUT2D eigenvalue weighted by atomic mass is 9.70. The van der Waals surface area contributed by atoms with E-state index in [1.807, 2.05) is 13.8 Å². The third-order valence-corrected chi connectivity index (χ3v) is 5.38. The molecule has 6 heteroatoms. The van der Waals surface area contributed by atoms with E-state index in [0.717, 1.165) is 0 Å². The standard InChI is InChI=1S/C22H21NO5/c1-22(2)11-16-20(17(24)12-22)15(18-7-4-8-28-18)10-19(25)23(16)14-6-3-5-13(9-14)21(26)27/h3-9,15H,10-12H2,1-2H3,(H,26,27). The molecule has 2 aromatic rings. The molecule has 2 aliphatic rings. The first-order chi connectivity index (χ1) is 13.3. The van der Waals surface area contributed by atoms with Crippen LogP contribution in [0.1, 0.15) is 55.1 Å². The highest BCUT2D eigenvalue weighted by atomic mass is 16.4. The first-order valence-electron chi connectivity index (χ1n) is 9.23. The van der Waals surface area contributed by atoms with Crippen molar-refractivity contribution < 1.29 is 23.9 Å². The lowest BCUT2D eigenvalue weighted by Crippen LogP contribution is -2.43. The van der Waals surface area contributed by atoms with Gasteiger partial charge in [-0.1, -0.05) is 19.9 Å². The van der Waals surface area contributed by atoms with Gasteiger partial charge in [-0.3, -0.25) is 14.5 Å². The first kappa shape index (κ1) is 18.2. The molecule has 1 aromatic carbocycles. The number of rotatable bonds is 3. The van der Waals surface area contributed by atoms with Gasteiger partial charge in [0.05, 0.1) is 17.7 Å². The van der Waals surface area contributed by atoms with E-state index in [-0.39, 0.29) is 29.1 Å². The van der Waals surface area contributed by atoms with E-state index in [2.05, 4.69) is 0 Å². The summed E-state index contributed by atoms with van der Waals surface area (Å²) in [6, 6.07) is 9.81. The van der Waals surface area contributed by atoms with Gasteiger partial charge >= 0.3 is 5.97 Å². The molecule has 0 fully saturated rings. The Balaban J connectivity index is 1.90. The third kappa shape index (κ3) is 3.05. The molecule has 1 unspecified atom stereocenters. The van der Waals surface area contributed by atoms with Crippen molar-refractivity contribution in [1.29, 1.82) is 0 Å². The molecule has 0 radical (unpaired) electrons. The number of hydrogen-bond donors (Lipinski definition) is 1. The number of ketones is 1. The van der Waals surface area contributed by atoms with E-state index < -0.39 is 11.9 Å². The summed E-state index contributed by atoms with van der Waals surface area (Å²) < 4.78 is 5.53. The molecule has 1 atom stereocenters. The topological polar surface area (TPSA) is 87.8 Å². The molecule has 2 heterocycles. The number of anilines is 1.